The molecule has 0 saturated heterocycles. The summed E-state index contributed by atoms with van der Waals surface area (Å²) >= 11 is 0. The lowest BCUT2D eigenvalue weighted by Gasteiger charge is -2.11. The molecule has 0 aliphatic rings. The van der Waals surface area contributed by atoms with Gasteiger partial charge in [-0.2, -0.15) is 0 Å². The molecule has 0 spiro atoms. The maximum Gasteiger partial charge on any atom is 0.321 e. The predicted molar refractivity (Wildman–Crippen MR) is 146 cm³/mol. The maximum absolute atomic E-state index is 10.2. The highest BCUT2D eigenvalue weighted by Gasteiger charge is 2.17. The minimum Gasteiger partial charge on any atom is -0.481 e. The van der Waals surface area contributed by atoms with E-state index in [4.69, 9.17) is 52.3 Å². The minimum atomic E-state index is -1.29. The van der Waals surface area contributed by atoms with E-state index in [-0.39, 0.29) is 38.6 Å². The van der Waals surface area contributed by atoms with Crippen molar-refractivity contribution in [1.82, 2.24) is 0 Å². The van der Waals surface area contributed by atoms with E-state index in [9.17, 15) is 38.4 Å². The minimum absolute atomic E-state index is 0.0718. The van der Waals surface area contributed by atoms with Gasteiger partial charge in [-0.05, 0) is 5.92 Å². The van der Waals surface area contributed by atoms with Crippen LogP contribution in [-0.4, -0.2) is 133 Å². The van der Waals surface area contributed by atoms with Crippen LogP contribution in [0.3, 0.4) is 0 Å². The number of nitrogens with two attached hydrogens (primary N) is 7. The molecule has 0 rings (SSSR count). The number of hydrogen-bond donors (Lipinski definition) is 15. The van der Waals surface area contributed by atoms with Crippen molar-refractivity contribution in [3.63, 3.8) is 0 Å². The number of aliphatic carboxylic acids is 8. The standard InChI is InChI=1S/C6H13NO2.C4H7NO4.5C2H5NO2/c1-3-4(2)5(7)6(8)9;5-2(4(8)9)1-3(6)7;5*3-1-2(4)5/h4-5H,3,7H2,1-2H3,(H,8,9);2H,1,5H2,(H,6,7)(H,8,9);5*1,3H2,(H,4,5)/t4-,5-;2-;;;;;/m00...../s1. The molecule has 0 amide bonds. The highest BCUT2D eigenvalue weighted by Crippen LogP contribution is 2.04. The zero-order valence-corrected chi connectivity index (χ0v) is 23.6. The molecule has 23 nitrogen and oxygen atoms in total. The van der Waals surface area contributed by atoms with Gasteiger partial charge in [0.2, 0.25) is 0 Å². The number of carboxylic acid groups (broad SMARTS) is 8. The predicted octanol–water partition coefficient (Wildman–Crippen LogP) is -5.53. The molecule has 0 aromatic rings. The summed E-state index contributed by atoms with van der Waals surface area (Å²) in [5, 5.41) is 62.4. The molecular formula is C20H45N7O16. The Hall–Kier alpha value is -4.52. The maximum atomic E-state index is 10.2. The fourth-order valence-corrected chi connectivity index (χ4v) is 0.773. The summed E-state index contributed by atoms with van der Waals surface area (Å²) in [7, 11) is 0. The zero-order valence-electron chi connectivity index (χ0n) is 23.6. The van der Waals surface area contributed by atoms with Crippen LogP contribution in [0, 0.1) is 5.92 Å². The van der Waals surface area contributed by atoms with Gasteiger partial charge >= 0.3 is 47.8 Å². The van der Waals surface area contributed by atoms with Gasteiger partial charge in [-0.3, -0.25) is 38.4 Å². The van der Waals surface area contributed by atoms with Gasteiger partial charge in [0, 0.05) is 0 Å². The number of carboxylic acids is 8. The third kappa shape index (κ3) is 85.6. The van der Waals surface area contributed by atoms with Crippen LogP contribution >= 0.6 is 0 Å². The van der Waals surface area contributed by atoms with E-state index in [2.05, 4.69) is 28.7 Å². The SMILES string of the molecule is CC[C@H](C)[C@H](N)C(=O)O.NCC(=O)O.NCC(=O)O.NCC(=O)O.NCC(=O)O.NCC(=O)O.N[C@@H](CC(=O)O)C(=O)O. The van der Waals surface area contributed by atoms with E-state index in [1.807, 2.05) is 13.8 Å². The Morgan fingerprint density at radius 3 is 0.744 bits per heavy atom. The third-order valence-corrected chi connectivity index (χ3v) is 3.13. The van der Waals surface area contributed by atoms with Crippen LogP contribution in [0.1, 0.15) is 26.7 Å². The molecule has 0 radical (unpaired) electrons. The number of hydrogen-bond acceptors (Lipinski definition) is 15. The van der Waals surface area contributed by atoms with Gasteiger partial charge in [-0.1, -0.05) is 20.3 Å². The van der Waals surface area contributed by atoms with Gasteiger partial charge in [-0.25, -0.2) is 0 Å². The number of rotatable bonds is 11. The summed E-state index contributed by atoms with van der Waals surface area (Å²) in [6, 6.07) is -1.99. The molecule has 256 valence electrons. The van der Waals surface area contributed by atoms with Crippen molar-refractivity contribution in [2.45, 2.75) is 38.8 Å². The smallest absolute Gasteiger partial charge is 0.321 e. The van der Waals surface area contributed by atoms with Crippen LogP contribution in [0.4, 0.5) is 0 Å². The molecule has 22 N–H and O–H groups in total. The summed E-state index contributed by atoms with van der Waals surface area (Å²) in [6.07, 6.45) is 0.281. The van der Waals surface area contributed by atoms with Crippen LogP contribution in [-0.2, 0) is 38.4 Å². The topological polar surface area (TPSA) is 481 Å². The summed E-state index contributed by atoms with van der Waals surface area (Å²) in [4.78, 5) is 76.0. The van der Waals surface area contributed by atoms with Crippen molar-refractivity contribution in [1.29, 1.82) is 0 Å². The van der Waals surface area contributed by atoms with E-state index in [1.54, 1.807) is 0 Å². The highest BCUT2D eigenvalue weighted by molar-refractivity contribution is 5.80. The molecular weight excluding hydrogens is 594 g/mol. The van der Waals surface area contributed by atoms with Crippen LogP contribution in [0.2, 0.25) is 0 Å². The van der Waals surface area contributed by atoms with Gasteiger partial charge < -0.3 is 81.0 Å². The van der Waals surface area contributed by atoms with E-state index in [0.717, 1.165) is 6.42 Å². The molecule has 0 aromatic heterocycles. The second-order valence-corrected chi connectivity index (χ2v) is 6.78. The fraction of sp³-hybridized carbons (Fsp3) is 0.600. The van der Waals surface area contributed by atoms with Crippen molar-refractivity contribution in [2.75, 3.05) is 32.7 Å². The van der Waals surface area contributed by atoms with Crippen LogP contribution in [0.5, 0.6) is 0 Å². The first-order chi connectivity index (χ1) is 19.5. The Bertz CT molecular complexity index is 718. The normalized spacial score (nSPS) is 10.4. The Balaban J connectivity index is -0.0000000718. The highest BCUT2D eigenvalue weighted by atomic mass is 16.4. The van der Waals surface area contributed by atoms with Gasteiger partial charge in [0.25, 0.3) is 0 Å². The monoisotopic (exact) mass is 639 g/mol. The van der Waals surface area contributed by atoms with E-state index < -0.39 is 66.3 Å². The lowest BCUT2D eigenvalue weighted by molar-refractivity contribution is -0.144. The van der Waals surface area contributed by atoms with Gasteiger partial charge in [0.15, 0.2) is 0 Å². The van der Waals surface area contributed by atoms with Crippen molar-refractivity contribution in [2.24, 2.45) is 46.1 Å². The molecule has 0 bridgehead atoms. The van der Waals surface area contributed by atoms with Gasteiger partial charge in [0.05, 0.1) is 39.1 Å². The summed E-state index contributed by atoms with van der Waals surface area (Å²) in [5.74, 6) is -8.18. The molecule has 0 aliphatic heterocycles. The van der Waals surface area contributed by atoms with Crippen LogP contribution < -0.4 is 40.1 Å². The Labute approximate surface area is 245 Å². The molecule has 0 saturated carbocycles. The number of carbonyl (C=O) groups is 8. The lowest BCUT2D eigenvalue weighted by Crippen LogP contribution is -2.36. The first-order valence-electron chi connectivity index (χ1n) is 11.3. The molecule has 0 fully saturated rings. The van der Waals surface area contributed by atoms with Crippen molar-refractivity contribution in [3.8, 4) is 0 Å². The molecule has 0 heterocycles. The van der Waals surface area contributed by atoms with Gasteiger partial charge in [-0.15, -0.1) is 0 Å². The molecule has 3 atom stereocenters. The first-order valence-corrected chi connectivity index (χ1v) is 11.3. The van der Waals surface area contributed by atoms with Crippen molar-refractivity contribution in [3.05, 3.63) is 0 Å². The van der Waals surface area contributed by atoms with Crippen molar-refractivity contribution >= 4 is 47.8 Å². The van der Waals surface area contributed by atoms with Crippen molar-refractivity contribution < 1.29 is 79.2 Å². The van der Waals surface area contributed by atoms with E-state index in [1.165, 1.54) is 0 Å². The fourth-order valence-electron chi connectivity index (χ4n) is 0.773. The van der Waals surface area contributed by atoms with Crippen LogP contribution in [0.25, 0.3) is 0 Å². The lowest BCUT2D eigenvalue weighted by atomic mass is 10.0. The van der Waals surface area contributed by atoms with Crippen LogP contribution in [0.15, 0.2) is 0 Å². The average Bonchev–Trinajstić information content (AvgIpc) is 2.93. The second-order valence-electron chi connectivity index (χ2n) is 6.78. The quantitative estimate of drug-likeness (QED) is 0.100. The summed E-state index contributed by atoms with van der Waals surface area (Å²) in [6.45, 7) is 2.37. The summed E-state index contributed by atoms with van der Waals surface area (Å²) < 4.78 is 0. The molecule has 0 aromatic carbocycles. The molecule has 0 aliphatic carbocycles. The average molecular weight is 640 g/mol. The largest absolute Gasteiger partial charge is 0.481 e. The Morgan fingerprint density at radius 1 is 0.488 bits per heavy atom. The molecule has 43 heavy (non-hydrogen) atoms. The molecule has 0 unspecified atom stereocenters. The first kappa shape index (κ1) is 54.5. The zero-order chi connectivity index (χ0) is 36.3. The Morgan fingerprint density at radius 2 is 0.698 bits per heavy atom. The Kier molecular flexibility index (Phi) is 50.3. The van der Waals surface area contributed by atoms with E-state index in [0.29, 0.717) is 0 Å². The second kappa shape index (κ2) is 39.6. The summed E-state index contributed by atoms with van der Waals surface area (Å²) in [5.41, 5.74) is 33.0. The third-order valence-electron chi connectivity index (χ3n) is 3.13. The van der Waals surface area contributed by atoms with E-state index >= 15 is 0 Å². The molecule has 23 heteroatoms. The van der Waals surface area contributed by atoms with Gasteiger partial charge in [0.1, 0.15) is 12.1 Å².